The predicted octanol–water partition coefficient (Wildman–Crippen LogP) is 2.00. The summed E-state index contributed by atoms with van der Waals surface area (Å²) in [5.74, 6) is 0.873. The summed E-state index contributed by atoms with van der Waals surface area (Å²) in [6, 6.07) is 0.363. The molecule has 0 saturated carbocycles. The highest BCUT2D eigenvalue weighted by Crippen LogP contribution is 2.24. The zero-order chi connectivity index (χ0) is 17.1. The Balaban J connectivity index is 2.24. The van der Waals surface area contributed by atoms with E-state index in [2.05, 4.69) is 21.8 Å². The van der Waals surface area contributed by atoms with Gasteiger partial charge in [0.1, 0.15) is 0 Å². The van der Waals surface area contributed by atoms with Crippen molar-refractivity contribution in [2.45, 2.75) is 26.8 Å². The summed E-state index contributed by atoms with van der Waals surface area (Å²) < 4.78 is 0. The Bertz CT molecular complexity index is 561. The quantitative estimate of drug-likeness (QED) is 0.821. The van der Waals surface area contributed by atoms with Crippen LogP contribution in [-0.2, 0) is 0 Å². The maximum Gasteiger partial charge on any atom is 0.274 e. The van der Waals surface area contributed by atoms with Crippen molar-refractivity contribution in [1.82, 2.24) is 19.8 Å². The molecule has 23 heavy (non-hydrogen) atoms. The zero-order valence-corrected chi connectivity index (χ0v) is 15.3. The van der Waals surface area contributed by atoms with E-state index in [-0.39, 0.29) is 5.91 Å². The van der Waals surface area contributed by atoms with Crippen molar-refractivity contribution in [3.05, 3.63) is 16.9 Å². The van der Waals surface area contributed by atoms with Crippen LogP contribution in [0.25, 0.3) is 0 Å². The Morgan fingerprint density at radius 1 is 1.35 bits per heavy atom. The van der Waals surface area contributed by atoms with Crippen molar-refractivity contribution in [2.24, 2.45) is 5.92 Å². The van der Waals surface area contributed by atoms with E-state index in [0.717, 1.165) is 19.6 Å². The predicted molar refractivity (Wildman–Crippen MR) is 93.1 cm³/mol. The van der Waals surface area contributed by atoms with E-state index < -0.39 is 0 Å². The van der Waals surface area contributed by atoms with Crippen LogP contribution in [0.5, 0.6) is 0 Å². The molecule has 0 aromatic carbocycles. The molecule has 2 heterocycles. The molecule has 0 unspecified atom stereocenters. The molecule has 0 spiro atoms. The van der Waals surface area contributed by atoms with Crippen molar-refractivity contribution in [3.63, 3.8) is 0 Å². The minimum atomic E-state index is -0.109. The summed E-state index contributed by atoms with van der Waals surface area (Å²) in [6.07, 6.45) is 1.53. The van der Waals surface area contributed by atoms with E-state index in [4.69, 9.17) is 11.6 Å². The standard InChI is InChI=1S/C16H26ClN5O/c1-6-21(7-2)16-18-8-12(17)14(19-16)15(23)22-9-11(3)13(10-22)20(4)5/h8,11,13H,6-7,9-10H2,1-5H3/t11-,13-/m0/s1. The molecule has 1 fully saturated rings. The number of rotatable bonds is 5. The molecule has 1 aliphatic heterocycles. The van der Waals surface area contributed by atoms with Crippen LogP contribution in [0.1, 0.15) is 31.3 Å². The molecule has 2 atom stereocenters. The molecule has 7 heteroatoms. The molecule has 0 N–H and O–H groups in total. The van der Waals surface area contributed by atoms with E-state index in [0.29, 0.717) is 35.2 Å². The van der Waals surface area contributed by atoms with Crippen molar-refractivity contribution in [3.8, 4) is 0 Å². The second kappa shape index (κ2) is 7.45. The molecule has 1 aromatic rings. The van der Waals surface area contributed by atoms with Gasteiger partial charge >= 0.3 is 0 Å². The van der Waals surface area contributed by atoms with E-state index in [1.54, 1.807) is 0 Å². The second-order valence-electron chi connectivity index (χ2n) is 6.26. The average molecular weight is 340 g/mol. The van der Waals surface area contributed by atoms with Gasteiger partial charge in [0.25, 0.3) is 5.91 Å². The lowest BCUT2D eigenvalue weighted by molar-refractivity contribution is 0.0775. The first-order chi connectivity index (χ1) is 10.9. The fraction of sp³-hybridized carbons (Fsp3) is 0.688. The number of carbonyl (C=O) groups is 1. The average Bonchev–Trinajstić information content (AvgIpc) is 2.91. The Morgan fingerprint density at radius 3 is 2.52 bits per heavy atom. The molecule has 6 nitrogen and oxygen atoms in total. The van der Waals surface area contributed by atoms with Crippen LogP contribution >= 0.6 is 11.6 Å². The number of amides is 1. The number of likely N-dealkylation sites (tertiary alicyclic amines) is 1. The summed E-state index contributed by atoms with van der Waals surface area (Å²) in [5.41, 5.74) is 0.301. The third kappa shape index (κ3) is 3.75. The highest BCUT2D eigenvalue weighted by molar-refractivity contribution is 6.33. The summed E-state index contributed by atoms with van der Waals surface area (Å²) in [5, 5.41) is 0.312. The molecular formula is C16H26ClN5O. The summed E-state index contributed by atoms with van der Waals surface area (Å²) in [7, 11) is 4.09. The second-order valence-corrected chi connectivity index (χ2v) is 6.66. The van der Waals surface area contributed by atoms with E-state index >= 15 is 0 Å². The van der Waals surface area contributed by atoms with Crippen LogP contribution in [-0.4, -0.2) is 72.0 Å². The summed E-state index contributed by atoms with van der Waals surface area (Å²) in [4.78, 5) is 27.5. The van der Waals surface area contributed by atoms with E-state index in [1.165, 1.54) is 6.20 Å². The Morgan fingerprint density at radius 2 is 2.00 bits per heavy atom. The van der Waals surface area contributed by atoms with E-state index in [1.807, 2.05) is 37.7 Å². The fourth-order valence-corrected chi connectivity index (χ4v) is 3.28. The van der Waals surface area contributed by atoms with Crippen LogP contribution < -0.4 is 4.90 Å². The Kier molecular flexibility index (Phi) is 5.81. The van der Waals surface area contributed by atoms with Gasteiger partial charge in [-0.25, -0.2) is 9.97 Å². The topological polar surface area (TPSA) is 52.6 Å². The first-order valence-corrected chi connectivity index (χ1v) is 8.49. The summed E-state index contributed by atoms with van der Waals surface area (Å²) >= 11 is 6.19. The number of anilines is 1. The maximum atomic E-state index is 12.8. The molecule has 0 aliphatic carbocycles. The summed E-state index contributed by atoms with van der Waals surface area (Å²) in [6.45, 7) is 9.24. The number of hydrogen-bond donors (Lipinski definition) is 0. The number of hydrogen-bond acceptors (Lipinski definition) is 5. The van der Waals surface area contributed by atoms with Gasteiger partial charge < -0.3 is 14.7 Å². The monoisotopic (exact) mass is 339 g/mol. The van der Waals surface area contributed by atoms with Crippen LogP contribution in [0.4, 0.5) is 5.95 Å². The van der Waals surface area contributed by atoms with Crippen molar-refractivity contribution >= 4 is 23.5 Å². The van der Waals surface area contributed by atoms with Gasteiger partial charge in [0.2, 0.25) is 5.95 Å². The number of likely N-dealkylation sites (N-methyl/N-ethyl adjacent to an activating group) is 1. The SMILES string of the molecule is CCN(CC)c1ncc(Cl)c(C(=O)N2C[C@H](C)[C@@H](N(C)C)C2)n1. The van der Waals surface area contributed by atoms with Crippen molar-refractivity contribution in [1.29, 1.82) is 0 Å². The first kappa shape index (κ1) is 17.9. The fourth-order valence-electron chi connectivity index (χ4n) is 3.10. The Hall–Kier alpha value is -1.40. The van der Waals surface area contributed by atoms with Crippen LogP contribution in [0.15, 0.2) is 6.20 Å². The lowest BCUT2D eigenvalue weighted by Gasteiger charge is -2.23. The van der Waals surface area contributed by atoms with Gasteiger partial charge in [0.15, 0.2) is 5.69 Å². The molecule has 2 rings (SSSR count). The van der Waals surface area contributed by atoms with Gasteiger partial charge in [-0.3, -0.25) is 4.79 Å². The molecular weight excluding hydrogens is 314 g/mol. The molecule has 0 radical (unpaired) electrons. The van der Waals surface area contributed by atoms with Gasteiger partial charge in [-0.2, -0.15) is 0 Å². The molecule has 1 aliphatic rings. The molecule has 1 aromatic heterocycles. The number of aromatic nitrogens is 2. The van der Waals surface area contributed by atoms with Gasteiger partial charge in [-0.05, 0) is 33.9 Å². The van der Waals surface area contributed by atoms with Crippen molar-refractivity contribution < 1.29 is 4.79 Å². The van der Waals surface area contributed by atoms with E-state index in [9.17, 15) is 4.79 Å². The van der Waals surface area contributed by atoms with Crippen LogP contribution in [0.2, 0.25) is 5.02 Å². The third-order valence-electron chi connectivity index (χ3n) is 4.50. The van der Waals surface area contributed by atoms with Gasteiger partial charge in [-0.15, -0.1) is 0 Å². The van der Waals surface area contributed by atoms with Gasteiger partial charge in [-0.1, -0.05) is 18.5 Å². The van der Waals surface area contributed by atoms with Gasteiger partial charge in [0, 0.05) is 32.2 Å². The molecule has 1 saturated heterocycles. The van der Waals surface area contributed by atoms with Crippen LogP contribution in [0, 0.1) is 5.92 Å². The van der Waals surface area contributed by atoms with Crippen molar-refractivity contribution in [2.75, 3.05) is 45.2 Å². The highest BCUT2D eigenvalue weighted by Gasteiger charge is 2.35. The minimum absolute atomic E-state index is 0.109. The number of carbonyl (C=O) groups excluding carboxylic acids is 1. The maximum absolute atomic E-state index is 12.8. The lowest BCUT2D eigenvalue weighted by atomic mass is 10.1. The highest BCUT2D eigenvalue weighted by atomic mass is 35.5. The Labute approximate surface area is 143 Å². The molecule has 128 valence electrons. The normalized spacial score (nSPS) is 21.1. The first-order valence-electron chi connectivity index (χ1n) is 8.12. The smallest absolute Gasteiger partial charge is 0.274 e. The minimum Gasteiger partial charge on any atom is -0.341 e. The van der Waals surface area contributed by atoms with Gasteiger partial charge in [0.05, 0.1) is 11.2 Å². The van der Waals surface area contributed by atoms with Crippen LogP contribution in [0.3, 0.4) is 0 Å². The molecule has 1 amide bonds. The lowest BCUT2D eigenvalue weighted by Crippen LogP contribution is -2.36. The number of halogens is 1. The third-order valence-corrected chi connectivity index (χ3v) is 4.78. The largest absolute Gasteiger partial charge is 0.341 e. The molecule has 0 bridgehead atoms. The number of nitrogens with zero attached hydrogens (tertiary/aromatic N) is 5. The zero-order valence-electron chi connectivity index (χ0n) is 14.6.